The summed E-state index contributed by atoms with van der Waals surface area (Å²) in [6, 6.07) is 0. The molecule has 0 saturated heterocycles. The smallest absolute Gasteiger partial charge is 0.302 e. The van der Waals surface area contributed by atoms with Crippen molar-refractivity contribution in [3.05, 3.63) is 58.2 Å². The van der Waals surface area contributed by atoms with E-state index < -0.39 is 0 Å². The second-order valence-corrected chi connectivity index (χ2v) is 8.44. The molecule has 0 saturated carbocycles. The lowest BCUT2D eigenvalue weighted by atomic mass is 10.0. The summed E-state index contributed by atoms with van der Waals surface area (Å²) in [5.74, 6) is -0.223. The molecule has 0 rings (SSSR count). The maximum absolute atomic E-state index is 10.8. The molecular formula is C27H44O2. The Hall–Kier alpha value is -1.83. The Kier molecular flexibility index (Phi) is 16.0. The summed E-state index contributed by atoms with van der Waals surface area (Å²) >= 11 is 0. The second kappa shape index (κ2) is 17.1. The largest absolute Gasteiger partial charge is 0.462 e. The molecule has 164 valence electrons. The van der Waals surface area contributed by atoms with Crippen LogP contribution >= 0.6 is 0 Å². The van der Waals surface area contributed by atoms with E-state index in [4.69, 9.17) is 4.74 Å². The lowest BCUT2D eigenvalue weighted by Gasteiger charge is -2.03. The molecule has 0 amide bonds. The van der Waals surface area contributed by atoms with Crippen LogP contribution in [0.25, 0.3) is 0 Å². The highest BCUT2D eigenvalue weighted by molar-refractivity contribution is 5.66. The Morgan fingerprint density at radius 3 is 1.24 bits per heavy atom. The maximum atomic E-state index is 10.8. The van der Waals surface area contributed by atoms with E-state index in [1.165, 1.54) is 41.2 Å². The van der Waals surface area contributed by atoms with E-state index in [0.29, 0.717) is 6.61 Å². The summed E-state index contributed by atoms with van der Waals surface area (Å²) in [5.41, 5.74) is 7.14. The molecular weight excluding hydrogens is 356 g/mol. The van der Waals surface area contributed by atoms with E-state index in [-0.39, 0.29) is 5.97 Å². The van der Waals surface area contributed by atoms with E-state index in [1.54, 1.807) is 0 Å². The van der Waals surface area contributed by atoms with Gasteiger partial charge in [-0.2, -0.15) is 0 Å². The maximum Gasteiger partial charge on any atom is 0.302 e. The monoisotopic (exact) mass is 400 g/mol. The number of hydrogen-bond acceptors (Lipinski definition) is 2. The molecule has 0 aromatic heterocycles. The third-order valence-electron chi connectivity index (χ3n) is 4.90. The van der Waals surface area contributed by atoms with Crippen molar-refractivity contribution < 1.29 is 9.53 Å². The standard InChI is InChI=1S/C27H44O2/c1-22(2)12-8-13-23(3)14-9-15-24(4)16-10-17-25(5)18-11-19-26(6)20-21-29-27(7)28/h12,14,16,18,20H,8-11,13,15,17,19,21H2,1-7H3. The van der Waals surface area contributed by atoms with Crippen LogP contribution in [-0.4, -0.2) is 12.6 Å². The van der Waals surface area contributed by atoms with Gasteiger partial charge < -0.3 is 4.74 Å². The van der Waals surface area contributed by atoms with Crippen LogP contribution in [0.2, 0.25) is 0 Å². The molecule has 2 heteroatoms. The zero-order chi connectivity index (χ0) is 22.1. The molecule has 0 aromatic carbocycles. The van der Waals surface area contributed by atoms with Gasteiger partial charge in [0.15, 0.2) is 0 Å². The number of allylic oxidation sites excluding steroid dienone is 9. The van der Waals surface area contributed by atoms with Gasteiger partial charge in [-0.3, -0.25) is 4.79 Å². The Labute approximate surface area is 180 Å². The average Bonchev–Trinajstić information content (AvgIpc) is 2.61. The van der Waals surface area contributed by atoms with E-state index in [1.807, 2.05) is 6.08 Å². The molecule has 0 aliphatic heterocycles. The van der Waals surface area contributed by atoms with Crippen LogP contribution in [0.4, 0.5) is 0 Å². The topological polar surface area (TPSA) is 26.3 Å². The number of carbonyl (C=O) groups is 1. The molecule has 29 heavy (non-hydrogen) atoms. The van der Waals surface area contributed by atoms with Crippen molar-refractivity contribution in [1.29, 1.82) is 0 Å². The first-order chi connectivity index (χ1) is 13.7. The number of rotatable bonds is 14. The third-order valence-corrected chi connectivity index (χ3v) is 4.90. The Bertz CT molecular complexity index is 623. The van der Waals surface area contributed by atoms with Crippen LogP contribution in [0.1, 0.15) is 99.8 Å². The number of esters is 1. The molecule has 0 unspecified atom stereocenters. The normalized spacial score (nSPS) is 13.5. The number of carbonyl (C=O) groups excluding carboxylic acids is 1. The summed E-state index contributed by atoms with van der Waals surface area (Å²) in [4.78, 5) is 10.8. The van der Waals surface area contributed by atoms with E-state index >= 15 is 0 Å². The van der Waals surface area contributed by atoms with Gasteiger partial charge in [-0.1, -0.05) is 52.2 Å². The van der Waals surface area contributed by atoms with Crippen molar-refractivity contribution in [1.82, 2.24) is 0 Å². The van der Waals surface area contributed by atoms with Crippen LogP contribution in [-0.2, 0) is 9.53 Å². The SMILES string of the molecule is CC(=O)OCC=C(C)CCC=C(C)CCC=C(C)CCC=C(C)CCC=C(C)C. The highest BCUT2D eigenvalue weighted by Crippen LogP contribution is 2.14. The molecule has 0 spiro atoms. The minimum Gasteiger partial charge on any atom is -0.462 e. The van der Waals surface area contributed by atoms with Gasteiger partial charge in [-0.05, 0) is 99.0 Å². The fourth-order valence-corrected chi connectivity index (χ4v) is 2.94. The lowest BCUT2D eigenvalue weighted by molar-refractivity contribution is -0.139. The van der Waals surface area contributed by atoms with Gasteiger partial charge >= 0.3 is 5.97 Å². The number of hydrogen-bond donors (Lipinski definition) is 0. The fourth-order valence-electron chi connectivity index (χ4n) is 2.94. The van der Waals surface area contributed by atoms with Crippen molar-refractivity contribution in [2.45, 2.75) is 99.8 Å². The van der Waals surface area contributed by atoms with Gasteiger partial charge in [0.25, 0.3) is 0 Å². The van der Waals surface area contributed by atoms with Gasteiger partial charge in [0.1, 0.15) is 6.61 Å². The fraction of sp³-hybridized carbons (Fsp3) is 0.593. The van der Waals surface area contributed by atoms with Crippen molar-refractivity contribution in [3.8, 4) is 0 Å². The molecule has 0 fully saturated rings. The van der Waals surface area contributed by atoms with Gasteiger partial charge in [-0.15, -0.1) is 0 Å². The van der Waals surface area contributed by atoms with Crippen LogP contribution in [0, 0.1) is 0 Å². The Morgan fingerprint density at radius 1 is 0.552 bits per heavy atom. The molecule has 0 aromatic rings. The first kappa shape index (κ1) is 27.2. The van der Waals surface area contributed by atoms with E-state index in [0.717, 1.165) is 44.9 Å². The Balaban J connectivity index is 4.06. The van der Waals surface area contributed by atoms with Crippen LogP contribution in [0.5, 0.6) is 0 Å². The highest BCUT2D eigenvalue weighted by Gasteiger charge is 1.95. The molecule has 0 heterocycles. The van der Waals surface area contributed by atoms with Crippen molar-refractivity contribution >= 4 is 5.97 Å². The molecule has 0 aliphatic rings. The zero-order valence-corrected chi connectivity index (χ0v) is 20.1. The summed E-state index contributed by atoms with van der Waals surface area (Å²) in [7, 11) is 0. The molecule has 2 nitrogen and oxygen atoms in total. The predicted octanol–water partition coefficient (Wildman–Crippen LogP) is 8.42. The summed E-state index contributed by atoms with van der Waals surface area (Å²) in [6.45, 7) is 15.0. The van der Waals surface area contributed by atoms with Crippen molar-refractivity contribution in [3.63, 3.8) is 0 Å². The van der Waals surface area contributed by atoms with Gasteiger partial charge in [0.05, 0.1) is 0 Å². The van der Waals surface area contributed by atoms with Crippen LogP contribution < -0.4 is 0 Å². The van der Waals surface area contributed by atoms with Crippen molar-refractivity contribution in [2.24, 2.45) is 0 Å². The third kappa shape index (κ3) is 19.3. The number of ether oxygens (including phenoxy) is 1. The van der Waals surface area contributed by atoms with Gasteiger partial charge in [0, 0.05) is 6.92 Å². The molecule has 0 N–H and O–H groups in total. The van der Waals surface area contributed by atoms with Gasteiger partial charge in [0.2, 0.25) is 0 Å². The first-order valence-corrected chi connectivity index (χ1v) is 11.1. The lowest BCUT2D eigenvalue weighted by Crippen LogP contribution is -1.98. The first-order valence-electron chi connectivity index (χ1n) is 11.1. The van der Waals surface area contributed by atoms with Gasteiger partial charge in [-0.25, -0.2) is 0 Å². The Morgan fingerprint density at radius 2 is 0.897 bits per heavy atom. The highest BCUT2D eigenvalue weighted by atomic mass is 16.5. The average molecular weight is 401 g/mol. The van der Waals surface area contributed by atoms with Crippen molar-refractivity contribution in [2.75, 3.05) is 6.61 Å². The second-order valence-electron chi connectivity index (χ2n) is 8.44. The van der Waals surface area contributed by atoms with Crippen LogP contribution in [0.15, 0.2) is 58.2 Å². The summed E-state index contributed by atoms with van der Waals surface area (Å²) < 4.78 is 4.94. The minimum absolute atomic E-state index is 0.223. The van der Waals surface area contributed by atoms with E-state index in [2.05, 4.69) is 65.8 Å². The quantitative estimate of drug-likeness (QED) is 0.216. The zero-order valence-electron chi connectivity index (χ0n) is 20.1. The minimum atomic E-state index is -0.223. The van der Waals surface area contributed by atoms with E-state index in [9.17, 15) is 4.79 Å². The summed E-state index contributed by atoms with van der Waals surface area (Å²) in [5, 5.41) is 0. The molecule has 0 aliphatic carbocycles. The molecule has 0 bridgehead atoms. The summed E-state index contributed by atoms with van der Waals surface area (Å²) in [6.07, 6.45) is 20.4. The predicted molar refractivity (Wildman–Crippen MR) is 128 cm³/mol. The molecule has 0 atom stereocenters. The van der Waals surface area contributed by atoms with Crippen LogP contribution in [0.3, 0.4) is 0 Å². The molecule has 0 radical (unpaired) electrons.